The first-order chi connectivity index (χ1) is 10.0. The highest BCUT2D eigenvalue weighted by molar-refractivity contribution is 9.10. The monoisotopic (exact) mass is 405 g/mol. The van der Waals surface area contributed by atoms with E-state index in [9.17, 15) is 4.79 Å². The number of thiazole rings is 1. The zero-order chi connectivity index (χ0) is 15.4. The number of carbonyl (C=O) groups is 1. The number of ether oxygens (including phenoxy) is 1. The molecule has 0 aliphatic rings. The van der Waals surface area contributed by atoms with E-state index in [0.29, 0.717) is 5.13 Å². The summed E-state index contributed by atoms with van der Waals surface area (Å²) in [5.74, 6) is -0.298. The Balaban J connectivity index is 0.00000242. The molecule has 120 valence electrons. The van der Waals surface area contributed by atoms with E-state index in [0.717, 1.165) is 20.6 Å². The van der Waals surface area contributed by atoms with Gasteiger partial charge in [-0.3, -0.25) is 4.79 Å². The maximum atomic E-state index is 11.8. The van der Waals surface area contributed by atoms with Crippen LogP contribution in [-0.4, -0.2) is 30.6 Å². The number of hydrogen-bond acceptors (Lipinski definition) is 5. The van der Waals surface area contributed by atoms with Gasteiger partial charge in [-0.1, -0.05) is 28.1 Å². The Labute approximate surface area is 147 Å². The minimum Gasteiger partial charge on any atom is -0.383 e. The lowest BCUT2D eigenvalue weighted by atomic mass is 10.1. The summed E-state index contributed by atoms with van der Waals surface area (Å²) in [6.45, 7) is 2.15. The minimum atomic E-state index is -0.699. The number of aryl methyl sites for hydroxylation is 1. The highest BCUT2D eigenvalue weighted by atomic mass is 79.9. The molecule has 0 spiro atoms. The second kappa shape index (κ2) is 8.59. The van der Waals surface area contributed by atoms with Gasteiger partial charge in [0.25, 0.3) is 0 Å². The normalized spacial score (nSPS) is 11.6. The van der Waals surface area contributed by atoms with Crippen molar-refractivity contribution in [3.63, 3.8) is 0 Å². The number of benzene rings is 1. The Kier molecular flexibility index (Phi) is 7.44. The maximum Gasteiger partial charge on any atom is 0.245 e. The summed E-state index contributed by atoms with van der Waals surface area (Å²) in [5, 5.41) is 3.27. The van der Waals surface area contributed by atoms with Crippen LogP contribution < -0.4 is 11.1 Å². The lowest BCUT2D eigenvalue weighted by molar-refractivity contribution is -0.118. The van der Waals surface area contributed by atoms with Crippen LogP contribution >= 0.6 is 39.7 Å². The fraction of sp³-hybridized carbons (Fsp3) is 0.286. The van der Waals surface area contributed by atoms with Gasteiger partial charge in [0.1, 0.15) is 6.04 Å². The molecule has 0 bridgehead atoms. The smallest absolute Gasteiger partial charge is 0.245 e. The molecule has 0 aliphatic carbocycles. The Morgan fingerprint density at radius 2 is 2.09 bits per heavy atom. The number of aromatic nitrogens is 1. The molecule has 0 fully saturated rings. The molecule has 3 N–H and O–H groups in total. The van der Waals surface area contributed by atoms with Crippen molar-refractivity contribution >= 4 is 50.7 Å². The first-order valence-corrected chi connectivity index (χ1v) is 7.91. The molecule has 1 heterocycles. The summed E-state index contributed by atoms with van der Waals surface area (Å²) in [5.41, 5.74) is 7.55. The van der Waals surface area contributed by atoms with Crippen LogP contribution in [0.2, 0.25) is 0 Å². The van der Waals surface area contributed by atoms with Crippen molar-refractivity contribution in [1.82, 2.24) is 4.98 Å². The van der Waals surface area contributed by atoms with Gasteiger partial charge in [-0.15, -0.1) is 23.7 Å². The lowest BCUT2D eigenvalue weighted by Crippen LogP contribution is -2.39. The second-order valence-electron chi connectivity index (χ2n) is 4.48. The number of methoxy groups -OCH3 is 1. The molecule has 8 heteroatoms. The van der Waals surface area contributed by atoms with E-state index in [-0.39, 0.29) is 24.9 Å². The summed E-state index contributed by atoms with van der Waals surface area (Å²) in [6, 6.07) is 7.18. The average molecular weight is 407 g/mol. The third-order valence-corrected chi connectivity index (χ3v) is 4.24. The zero-order valence-electron chi connectivity index (χ0n) is 12.1. The van der Waals surface area contributed by atoms with Gasteiger partial charge < -0.3 is 15.8 Å². The molecule has 1 aromatic carbocycles. The van der Waals surface area contributed by atoms with E-state index < -0.39 is 6.04 Å². The predicted octanol–water partition coefficient (Wildman–Crippen LogP) is 3.22. The summed E-state index contributed by atoms with van der Waals surface area (Å²) >= 11 is 4.83. The molecule has 1 unspecified atom stereocenters. The summed E-state index contributed by atoms with van der Waals surface area (Å²) < 4.78 is 5.88. The third-order valence-electron chi connectivity index (χ3n) is 2.83. The van der Waals surface area contributed by atoms with Crippen molar-refractivity contribution in [3.05, 3.63) is 33.6 Å². The average Bonchev–Trinajstić information content (AvgIpc) is 2.80. The first-order valence-electron chi connectivity index (χ1n) is 6.30. The summed E-state index contributed by atoms with van der Waals surface area (Å²) in [7, 11) is 1.51. The van der Waals surface area contributed by atoms with Gasteiger partial charge in [0, 0.05) is 22.0 Å². The number of anilines is 1. The molecule has 5 nitrogen and oxygen atoms in total. The molecular weight excluding hydrogens is 390 g/mol. The van der Waals surface area contributed by atoms with Crippen molar-refractivity contribution in [2.24, 2.45) is 5.73 Å². The van der Waals surface area contributed by atoms with Gasteiger partial charge in [-0.2, -0.15) is 0 Å². The fourth-order valence-electron chi connectivity index (χ4n) is 1.78. The van der Waals surface area contributed by atoms with Gasteiger partial charge in [-0.05, 0) is 19.1 Å². The second-order valence-corrected chi connectivity index (χ2v) is 6.60. The fourth-order valence-corrected chi connectivity index (χ4v) is 2.88. The van der Waals surface area contributed by atoms with Crippen LogP contribution in [0.5, 0.6) is 0 Å². The van der Waals surface area contributed by atoms with Crippen LogP contribution in [-0.2, 0) is 9.53 Å². The largest absolute Gasteiger partial charge is 0.383 e. The summed E-state index contributed by atoms with van der Waals surface area (Å²) in [6.07, 6.45) is 0. The van der Waals surface area contributed by atoms with Crippen LogP contribution in [0.1, 0.15) is 4.88 Å². The summed E-state index contributed by atoms with van der Waals surface area (Å²) in [4.78, 5) is 17.4. The molecule has 1 atom stereocenters. The Morgan fingerprint density at radius 3 is 2.68 bits per heavy atom. The van der Waals surface area contributed by atoms with Gasteiger partial charge >= 0.3 is 0 Å². The van der Waals surface area contributed by atoms with Gasteiger partial charge in [-0.25, -0.2) is 4.98 Å². The molecule has 1 amide bonds. The van der Waals surface area contributed by atoms with E-state index in [1.807, 2.05) is 31.2 Å². The van der Waals surface area contributed by atoms with Gasteiger partial charge in [0.2, 0.25) is 5.91 Å². The molecule has 2 aromatic rings. The SMILES string of the molecule is COCC(N)C(=O)Nc1nc(-c2ccc(Br)cc2)c(C)s1.Cl. The maximum absolute atomic E-state index is 11.8. The molecular formula is C14H17BrClN3O2S. The van der Waals surface area contributed by atoms with Crippen LogP contribution in [0.15, 0.2) is 28.7 Å². The van der Waals surface area contributed by atoms with Crippen LogP contribution in [0.4, 0.5) is 5.13 Å². The van der Waals surface area contributed by atoms with Crippen LogP contribution in [0.25, 0.3) is 11.3 Å². The Bertz CT molecular complexity index is 634. The number of rotatable bonds is 5. The number of hydrogen-bond donors (Lipinski definition) is 2. The highest BCUT2D eigenvalue weighted by Gasteiger charge is 2.16. The molecule has 1 aromatic heterocycles. The minimum absolute atomic E-state index is 0. The van der Waals surface area contributed by atoms with Crippen molar-refractivity contribution < 1.29 is 9.53 Å². The number of nitrogens with two attached hydrogens (primary N) is 1. The first kappa shape index (κ1) is 19.1. The van der Waals surface area contributed by atoms with Crippen molar-refractivity contribution in [3.8, 4) is 11.3 Å². The molecule has 22 heavy (non-hydrogen) atoms. The number of amides is 1. The topological polar surface area (TPSA) is 77.2 Å². The van der Waals surface area contributed by atoms with E-state index in [1.54, 1.807) is 0 Å². The van der Waals surface area contributed by atoms with Crippen molar-refractivity contribution in [2.75, 3.05) is 19.0 Å². The Morgan fingerprint density at radius 1 is 1.45 bits per heavy atom. The van der Waals surface area contributed by atoms with E-state index in [4.69, 9.17) is 10.5 Å². The number of nitrogens with one attached hydrogen (secondary N) is 1. The molecule has 2 rings (SSSR count). The lowest BCUT2D eigenvalue weighted by Gasteiger charge is -2.08. The predicted molar refractivity (Wildman–Crippen MR) is 95.7 cm³/mol. The van der Waals surface area contributed by atoms with E-state index in [1.165, 1.54) is 18.4 Å². The van der Waals surface area contributed by atoms with Gasteiger partial charge in [0.15, 0.2) is 5.13 Å². The number of halogens is 2. The zero-order valence-corrected chi connectivity index (χ0v) is 15.3. The number of carbonyl (C=O) groups excluding carboxylic acids is 1. The van der Waals surface area contributed by atoms with Crippen LogP contribution in [0, 0.1) is 6.92 Å². The van der Waals surface area contributed by atoms with Crippen LogP contribution in [0.3, 0.4) is 0 Å². The quantitative estimate of drug-likeness (QED) is 0.799. The van der Waals surface area contributed by atoms with E-state index in [2.05, 4.69) is 26.2 Å². The molecule has 0 radical (unpaired) electrons. The van der Waals surface area contributed by atoms with Crippen molar-refractivity contribution in [2.45, 2.75) is 13.0 Å². The van der Waals surface area contributed by atoms with Crippen molar-refractivity contribution in [1.29, 1.82) is 0 Å². The van der Waals surface area contributed by atoms with E-state index >= 15 is 0 Å². The standard InChI is InChI=1S/C14H16BrN3O2S.ClH/c1-8-12(9-3-5-10(15)6-4-9)17-14(21-8)18-13(19)11(16)7-20-2;/h3-6,11H,7,16H2,1-2H3,(H,17,18,19);1H. The Hall–Kier alpha value is -0.990. The molecule has 0 saturated heterocycles. The van der Waals surface area contributed by atoms with Gasteiger partial charge in [0.05, 0.1) is 12.3 Å². The third kappa shape index (κ3) is 4.76. The molecule has 0 saturated carbocycles. The highest BCUT2D eigenvalue weighted by Crippen LogP contribution is 2.31. The molecule has 0 aliphatic heterocycles. The number of nitrogens with zero attached hydrogens (tertiary/aromatic N) is 1.